The predicted molar refractivity (Wildman–Crippen MR) is 114 cm³/mol. The molecule has 1 aromatic heterocycles. The van der Waals surface area contributed by atoms with Gasteiger partial charge in [0, 0.05) is 45.2 Å². The molecular formula is C22H36N4O2. The molecule has 1 aromatic rings. The summed E-state index contributed by atoms with van der Waals surface area (Å²) in [6.07, 6.45) is 8.63. The van der Waals surface area contributed by atoms with E-state index in [0.29, 0.717) is 6.04 Å². The van der Waals surface area contributed by atoms with E-state index in [1.54, 1.807) is 6.26 Å². The van der Waals surface area contributed by atoms with Crippen molar-refractivity contribution in [3.8, 4) is 0 Å². The van der Waals surface area contributed by atoms with Crippen molar-refractivity contribution < 1.29 is 9.15 Å². The molecule has 6 nitrogen and oxygen atoms in total. The van der Waals surface area contributed by atoms with Gasteiger partial charge in [0.25, 0.3) is 0 Å². The second kappa shape index (κ2) is 11.3. The highest BCUT2D eigenvalue weighted by atomic mass is 16.5. The molecule has 3 rings (SSSR count). The largest absolute Gasteiger partial charge is 0.469 e. The van der Waals surface area contributed by atoms with Gasteiger partial charge >= 0.3 is 0 Å². The predicted octanol–water partition coefficient (Wildman–Crippen LogP) is 2.97. The molecule has 1 unspecified atom stereocenters. The van der Waals surface area contributed by atoms with E-state index >= 15 is 0 Å². The Labute approximate surface area is 169 Å². The smallest absolute Gasteiger partial charge is 0.191 e. The van der Waals surface area contributed by atoms with Crippen molar-refractivity contribution >= 4 is 5.96 Å². The van der Waals surface area contributed by atoms with E-state index in [0.717, 1.165) is 76.7 Å². The van der Waals surface area contributed by atoms with Crippen molar-refractivity contribution in [2.75, 3.05) is 39.3 Å². The van der Waals surface area contributed by atoms with Crippen molar-refractivity contribution in [3.05, 3.63) is 36.3 Å². The summed E-state index contributed by atoms with van der Waals surface area (Å²) in [6, 6.07) is 4.41. The number of rotatable bonds is 8. The van der Waals surface area contributed by atoms with E-state index in [1.165, 1.54) is 18.4 Å². The summed E-state index contributed by atoms with van der Waals surface area (Å²) in [7, 11) is 0. The van der Waals surface area contributed by atoms with Crippen LogP contribution in [-0.2, 0) is 11.2 Å². The Morgan fingerprint density at radius 2 is 2.14 bits per heavy atom. The molecule has 2 N–H and O–H groups in total. The molecule has 2 aliphatic rings. The van der Waals surface area contributed by atoms with Crippen LogP contribution in [0.5, 0.6) is 0 Å². The van der Waals surface area contributed by atoms with E-state index in [1.807, 2.05) is 12.1 Å². The second-order valence-corrected chi connectivity index (χ2v) is 8.09. The lowest BCUT2D eigenvalue weighted by Crippen LogP contribution is -2.49. The molecular weight excluding hydrogens is 352 g/mol. The van der Waals surface area contributed by atoms with Crippen LogP contribution in [0.15, 0.2) is 40.0 Å². The minimum Gasteiger partial charge on any atom is -0.469 e. The number of nitrogens with one attached hydrogen (secondary N) is 2. The summed E-state index contributed by atoms with van der Waals surface area (Å²) in [5, 5.41) is 7.14. The van der Waals surface area contributed by atoms with Gasteiger partial charge in [-0.25, -0.2) is 0 Å². The van der Waals surface area contributed by atoms with Gasteiger partial charge in [0.1, 0.15) is 5.76 Å². The highest BCUT2D eigenvalue weighted by Gasteiger charge is 2.20. The third-order valence-electron chi connectivity index (χ3n) is 5.39. The van der Waals surface area contributed by atoms with E-state index in [-0.39, 0.29) is 6.10 Å². The van der Waals surface area contributed by atoms with Crippen LogP contribution in [0.4, 0.5) is 0 Å². The average Bonchev–Trinajstić information content (AvgIpc) is 3.21. The number of hydrogen-bond acceptors (Lipinski definition) is 4. The fourth-order valence-electron chi connectivity index (χ4n) is 3.87. The van der Waals surface area contributed by atoms with Gasteiger partial charge in [0.05, 0.1) is 18.9 Å². The zero-order valence-corrected chi connectivity index (χ0v) is 17.3. The van der Waals surface area contributed by atoms with Crippen LogP contribution in [0, 0.1) is 0 Å². The lowest BCUT2D eigenvalue weighted by molar-refractivity contribution is 0.0224. The van der Waals surface area contributed by atoms with Crippen molar-refractivity contribution in [1.82, 2.24) is 15.5 Å². The molecule has 1 atom stereocenters. The number of nitrogens with zero attached hydrogens (tertiary/aromatic N) is 2. The number of hydrogen-bond donors (Lipinski definition) is 2. The Hall–Kier alpha value is -1.79. The molecule has 0 radical (unpaired) electrons. The molecule has 3 heterocycles. The lowest BCUT2D eigenvalue weighted by Gasteiger charge is -2.33. The van der Waals surface area contributed by atoms with Crippen LogP contribution in [0.2, 0.25) is 0 Å². The van der Waals surface area contributed by atoms with E-state index in [4.69, 9.17) is 14.1 Å². The Balaban J connectivity index is 1.48. The molecule has 156 valence electrons. The Morgan fingerprint density at radius 1 is 1.29 bits per heavy atom. The maximum absolute atomic E-state index is 5.84. The highest BCUT2D eigenvalue weighted by Crippen LogP contribution is 2.14. The SMILES string of the molecule is C=C(C)CN1CCC(NC(=NCC2CCCCO2)NCCc2ccco2)CC1. The third-order valence-corrected chi connectivity index (χ3v) is 5.39. The molecule has 2 fully saturated rings. The second-order valence-electron chi connectivity index (χ2n) is 8.09. The van der Waals surface area contributed by atoms with Crippen molar-refractivity contribution in [2.24, 2.45) is 4.99 Å². The number of likely N-dealkylation sites (tertiary alicyclic amines) is 1. The van der Waals surface area contributed by atoms with Crippen molar-refractivity contribution in [1.29, 1.82) is 0 Å². The minimum absolute atomic E-state index is 0.259. The van der Waals surface area contributed by atoms with Gasteiger partial charge in [0.15, 0.2) is 5.96 Å². The first-order chi connectivity index (χ1) is 13.7. The van der Waals surface area contributed by atoms with Crippen LogP contribution in [0.1, 0.15) is 44.8 Å². The molecule has 0 aliphatic carbocycles. The molecule has 6 heteroatoms. The summed E-state index contributed by atoms with van der Waals surface area (Å²) in [6.45, 7) is 11.8. The standard InChI is InChI=1S/C22H36N4O2/c1-18(2)17-26-12-9-19(10-13-26)25-22(23-11-8-20-7-5-15-27-20)24-16-21-6-3-4-14-28-21/h5,7,15,19,21H,1,3-4,6,8-14,16-17H2,2H3,(H2,23,24,25). The van der Waals surface area contributed by atoms with Gasteiger partial charge in [-0.3, -0.25) is 9.89 Å². The number of guanidine groups is 1. The molecule has 0 aromatic carbocycles. The average molecular weight is 389 g/mol. The number of piperidine rings is 1. The van der Waals surface area contributed by atoms with E-state index in [2.05, 4.69) is 29.0 Å². The summed E-state index contributed by atoms with van der Waals surface area (Å²) >= 11 is 0. The monoisotopic (exact) mass is 388 g/mol. The zero-order chi connectivity index (χ0) is 19.6. The van der Waals surface area contributed by atoms with Crippen molar-refractivity contribution in [3.63, 3.8) is 0 Å². The van der Waals surface area contributed by atoms with Crippen LogP contribution >= 0.6 is 0 Å². The number of furan rings is 1. The fourth-order valence-corrected chi connectivity index (χ4v) is 3.87. The highest BCUT2D eigenvalue weighted by molar-refractivity contribution is 5.80. The minimum atomic E-state index is 0.259. The maximum Gasteiger partial charge on any atom is 0.191 e. The van der Waals surface area contributed by atoms with E-state index < -0.39 is 0 Å². The number of aliphatic imine (C=N–C) groups is 1. The van der Waals surface area contributed by atoms with Gasteiger partial charge in [0.2, 0.25) is 0 Å². The summed E-state index contributed by atoms with van der Waals surface area (Å²) < 4.78 is 11.3. The zero-order valence-electron chi connectivity index (χ0n) is 17.3. The van der Waals surface area contributed by atoms with Crippen molar-refractivity contribution in [2.45, 2.75) is 57.6 Å². The first-order valence-corrected chi connectivity index (χ1v) is 10.7. The molecule has 0 bridgehead atoms. The van der Waals surface area contributed by atoms with Gasteiger partial charge in [-0.15, -0.1) is 0 Å². The molecule has 2 saturated heterocycles. The van der Waals surface area contributed by atoms with E-state index in [9.17, 15) is 0 Å². The van der Waals surface area contributed by atoms with Crippen LogP contribution in [-0.4, -0.2) is 62.3 Å². The first kappa shape index (κ1) is 20.9. The number of ether oxygens (including phenoxy) is 1. The normalized spacial score (nSPS) is 22.2. The fraction of sp³-hybridized carbons (Fsp3) is 0.682. The lowest BCUT2D eigenvalue weighted by atomic mass is 10.0. The first-order valence-electron chi connectivity index (χ1n) is 10.7. The van der Waals surface area contributed by atoms with Gasteiger partial charge in [-0.05, 0) is 51.2 Å². The summed E-state index contributed by atoms with van der Waals surface area (Å²) in [5.41, 5.74) is 1.24. The Morgan fingerprint density at radius 3 is 2.82 bits per heavy atom. The molecule has 2 aliphatic heterocycles. The Kier molecular flexibility index (Phi) is 8.42. The molecule has 0 amide bonds. The van der Waals surface area contributed by atoms with Gasteiger partial charge < -0.3 is 19.8 Å². The maximum atomic E-state index is 5.84. The molecule has 28 heavy (non-hydrogen) atoms. The van der Waals surface area contributed by atoms with Crippen LogP contribution in [0.3, 0.4) is 0 Å². The van der Waals surface area contributed by atoms with Crippen LogP contribution in [0.25, 0.3) is 0 Å². The third kappa shape index (κ3) is 7.32. The molecule has 0 spiro atoms. The van der Waals surface area contributed by atoms with Gasteiger partial charge in [-0.2, -0.15) is 0 Å². The Bertz CT molecular complexity index is 600. The van der Waals surface area contributed by atoms with Crippen LogP contribution < -0.4 is 10.6 Å². The summed E-state index contributed by atoms with van der Waals surface area (Å²) in [4.78, 5) is 7.32. The summed E-state index contributed by atoms with van der Waals surface area (Å²) in [5.74, 6) is 1.90. The topological polar surface area (TPSA) is 62.0 Å². The van der Waals surface area contributed by atoms with Gasteiger partial charge in [-0.1, -0.05) is 12.2 Å². The molecule has 0 saturated carbocycles. The quantitative estimate of drug-likeness (QED) is 0.407.